The van der Waals surface area contributed by atoms with E-state index >= 15 is 0 Å². The molecule has 1 atom stereocenters. The fourth-order valence-corrected chi connectivity index (χ4v) is 10.2. The second kappa shape index (κ2) is 10.8. The number of Topliss-reactive ketones (excluding diaryl/α,β-unsaturated/α-hetero) is 1. The summed E-state index contributed by atoms with van der Waals surface area (Å²) in [4.78, 5) is 12.6. The Morgan fingerprint density at radius 1 is 1.03 bits per heavy atom. The van der Waals surface area contributed by atoms with Gasteiger partial charge in [-0.3, -0.25) is 4.79 Å². The molecule has 3 rings (SSSR count). The average Bonchev–Trinajstić information content (AvgIpc) is 2.77. The Hall–Kier alpha value is -1.62. The van der Waals surface area contributed by atoms with Crippen LogP contribution in [0.1, 0.15) is 59.8 Å². The summed E-state index contributed by atoms with van der Waals surface area (Å²) in [6, 6.07) is 21.6. The van der Waals surface area contributed by atoms with Crippen molar-refractivity contribution in [3.63, 3.8) is 0 Å². The molecular weight excluding hydrogens is 416 g/mol. The summed E-state index contributed by atoms with van der Waals surface area (Å²) in [7, 11) is -2.58. The summed E-state index contributed by atoms with van der Waals surface area (Å²) in [5, 5.41) is 4.66. The summed E-state index contributed by atoms with van der Waals surface area (Å²) in [5.41, 5.74) is 0.954. The fraction of sp³-hybridized carbons (Fsp3) is 0.444. The molecule has 1 fully saturated rings. The molecule has 4 heteroatoms. The van der Waals surface area contributed by atoms with E-state index < -0.39 is 8.32 Å². The van der Waals surface area contributed by atoms with Gasteiger partial charge in [0.15, 0.2) is 5.78 Å². The number of hydrogen-bond acceptors (Lipinski definition) is 3. The van der Waals surface area contributed by atoms with Gasteiger partial charge in [0.05, 0.1) is 6.10 Å². The van der Waals surface area contributed by atoms with Gasteiger partial charge in [-0.05, 0) is 39.4 Å². The molecule has 31 heavy (non-hydrogen) atoms. The number of carbonyl (C=O) groups excluding carboxylic acids is 1. The lowest BCUT2D eigenvalue weighted by Crippen LogP contribution is -2.67. The minimum Gasteiger partial charge on any atom is -0.404 e. The largest absolute Gasteiger partial charge is 0.404 e. The van der Waals surface area contributed by atoms with Crippen LogP contribution < -0.4 is 10.4 Å². The third-order valence-corrected chi connectivity index (χ3v) is 12.2. The maximum Gasteiger partial charge on any atom is 0.261 e. The monoisotopic (exact) mass is 452 g/mol. The molecule has 0 bridgehead atoms. The van der Waals surface area contributed by atoms with E-state index in [9.17, 15) is 4.79 Å². The maximum absolute atomic E-state index is 12.6. The lowest BCUT2D eigenvalue weighted by atomic mass is 9.93. The number of thioether (sulfide) groups is 1. The topological polar surface area (TPSA) is 26.3 Å². The molecule has 0 aromatic heterocycles. The van der Waals surface area contributed by atoms with Gasteiger partial charge in [-0.2, -0.15) is 0 Å². The van der Waals surface area contributed by atoms with Crippen LogP contribution in [0.5, 0.6) is 0 Å². The van der Waals surface area contributed by atoms with Crippen molar-refractivity contribution < 1.29 is 9.22 Å². The second-order valence-electron chi connectivity index (χ2n) is 9.44. The van der Waals surface area contributed by atoms with Crippen LogP contribution in [0.2, 0.25) is 5.04 Å². The number of ketones is 1. The molecule has 2 nitrogen and oxygen atoms in total. The summed E-state index contributed by atoms with van der Waals surface area (Å²) in [5.74, 6) is 1.37. The lowest BCUT2D eigenvalue weighted by molar-refractivity contribution is -0.117. The van der Waals surface area contributed by atoms with Crippen molar-refractivity contribution >= 4 is 36.2 Å². The minimum absolute atomic E-state index is 0.0447. The molecule has 2 aromatic carbocycles. The molecule has 0 saturated heterocycles. The Balaban J connectivity index is 1.97. The SMILES string of the molecule is CCCCS/C=C1\CC(O[Si](c2ccccc2)(c2ccccc2)C(C)(C)C)CCC1=O. The standard InChI is InChI=1S/C27H36O2SSi/c1-5-6-19-30-21-22-20-23(17-18-26(22)28)29-31(27(2,3)4,24-13-9-7-10-14-24)25-15-11-8-12-16-25/h7-16,21,23H,5-6,17-20H2,1-4H3/b22-21+. The van der Waals surface area contributed by atoms with Crippen molar-refractivity contribution in [3.05, 3.63) is 71.6 Å². The van der Waals surface area contributed by atoms with Crippen LogP contribution in [-0.4, -0.2) is 26.0 Å². The van der Waals surface area contributed by atoms with Gasteiger partial charge in [-0.25, -0.2) is 0 Å². The van der Waals surface area contributed by atoms with E-state index in [4.69, 9.17) is 4.43 Å². The lowest BCUT2D eigenvalue weighted by Gasteiger charge is -2.46. The van der Waals surface area contributed by atoms with Crippen LogP contribution >= 0.6 is 11.8 Å². The van der Waals surface area contributed by atoms with Crippen LogP contribution in [0, 0.1) is 0 Å². The third kappa shape index (κ3) is 5.60. The highest BCUT2D eigenvalue weighted by Gasteiger charge is 2.51. The predicted octanol–water partition coefficient (Wildman–Crippen LogP) is 6.10. The van der Waals surface area contributed by atoms with Crippen molar-refractivity contribution in [2.45, 2.75) is 70.9 Å². The van der Waals surface area contributed by atoms with Crippen LogP contribution in [-0.2, 0) is 9.22 Å². The Bertz CT molecular complexity index is 832. The van der Waals surface area contributed by atoms with Gasteiger partial charge in [-0.15, -0.1) is 11.8 Å². The van der Waals surface area contributed by atoms with Gasteiger partial charge in [0.1, 0.15) is 0 Å². The molecule has 1 aliphatic rings. The van der Waals surface area contributed by atoms with Crippen molar-refractivity contribution in [2.24, 2.45) is 0 Å². The molecule has 2 aromatic rings. The Morgan fingerprint density at radius 2 is 1.61 bits per heavy atom. The first-order valence-corrected chi connectivity index (χ1v) is 14.5. The van der Waals surface area contributed by atoms with Crippen molar-refractivity contribution in [3.8, 4) is 0 Å². The van der Waals surface area contributed by atoms with Gasteiger partial charge in [0.2, 0.25) is 0 Å². The van der Waals surface area contributed by atoms with Crippen LogP contribution in [0.4, 0.5) is 0 Å². The summed E-state index contributed by atoms with van der Waals surface area (Å²) in [6.45, 7) is 9.13. The summed E-state index contributed by atoms with van der Waals surface area (Å²) >= 11 is 1.78. The zero-order valence-corrected chi connectivity index (χ0v) is 21.2. The van der Waals surface area contributed by atoms with E-state index in [0.717, 1.165) is 24.2 Å². The van der Waals surface area contributed by atoms with Crippen LogP contribution in [0.15, 0.2) is 71.6 Å². The number of hydrogen-bond donors (Lipinski definition) is 0. The fourth-order valence-electron chi connectivity index (χ4n) is 4.46. The predicted molar refractivity (Wildman–Crippen MR) is 137 cm³/mol. The van der Waals surface area contributed by atoms with E-state index in [1.165, 1.54) is 23.2 Å². The molecule has 0 amide bonds. The number of rotatable bonds is 8. The van der Waals surface area contributed by atoms with E-state index in [-0.39, 0.29) is 11.1 Å². The highest BCUT2D eigenvalue weighted by Crippen LogP contribution is 2.39. The zero-order valence-electron chi connectivity index (χ0n) is 19.4. The smallest absolute Gasteiger partial charge is 0.261 e. The Kier molecular flexibility index (Phi) is 8.37. The molecular formula is C27H36O2SSi. The molecule has 0 spiro atoms. The molecule has 0 heterocycles. The highest BCUT2D eigenvalue weighted by atomic mass is 32.2. The number of carbonyl (C=O) groups is 1. The van der Waals surface area contributed by atoms with E-state index in [1.807, 2.05) is 0 Å². The van der Waals surface area contributed by atoms with Crippen LogP contribution in [0.3, 0.4) is 0 Å². The van der Waals surface area contributed by atoms with Crippen molar-refractivity contribution in [2.75, 3.05) is 5.75 Å². The minimum atomic E-state index is -2.58. The quantitative estimate of drug-likeness (QED) is 0.275. The molecule has 1 unspecified atom stereocenters. The molecule has 0 radical (unpaired) electrons. The maximum atomic E-state index is 12.6. The highest BCUT2D eigenvalue weighted by molar-refractivity contribution is 8.02. The van der Waals surface area contributed by atoms with Gasteiger partial charge < -0.3 is 4.43 Å². The van der Waals surface area contributed by atoms with E-state index in [1.54, 1.807) is 11.8 Å². The molecule has 1 aliphatic carbocycles. The zero-order chi connectivity index (χ0) is 22.3. The van der Waals surface area contributed by atoms with E-state index in [0.29, 0.717) is 12.2 Å². The van der Waals surface area contributed by atoms with Crippen molar-refractivity contribution in [1.82, 2.24) is 0 Å². The number of unbranched alkanes of at least 4 members (excludes halogenated alkanes) is 1. The average molecular weight is 453 g/mol. The number of benzene rings is 2. The van der Waals surface area contributed by atoms with E-state index in [2.05, 4.69) is 93.8 Å². The molecule has 1 saturated carbocycles. The Morgan fingerprint density at radius 3 is 2.13 bits per heavy atom. The van der Waals surface area contributed by atoms with Gasteiger partial charge >= 0.3 is 0 Å². The normalized spacial score (nSPS) is 19.0. The first-order chi connectivity index (χ1) is 14.9. The first kappa shape index (κ1) is 24.0. The molecule has 166 valence electrons. The van der Waals surface area contributed by atoms with Crippen LogP contribution in [0.25, 0.3) is 0 Å². The van der Waals surface area contributed by atoms with Crippen molar-refractivity contribution in [1.29, 1.82) is 0 Å². The molecule has 0 N–H and O–H groups in total. The Labute approximate surface area is 193 Å². The second-order valence-corrected chi connectivity index (χ2v) is 14.7. The summed E-state index contributed by atoms with van der Waals surface area (Å²) < 4.78 is 7.26. The molecule has 0 aliphatic heterocycles. The third-order valence-electron chi connectivity index (χ3n) is 6.10. The van der Waals surface area contributed by atoms with Gasteiger partial charge in [-0.1, -0.05) is 94.8 Å². The van der Waals surface area contributed by atoms with Gasteiger partial charge in [0.25, 0.3) is 8.32 Å². The van der Waals surface area contributed by atoms with Gasteiger partial charge in [0, 0.05) is 18.4 Å². The first-order valence-electron chi connectivity index (χ1n) is 11.5. The summed E-state index contributed by atoms with van der Waals surface area (Å²) in [6.07, 6.45) is 4.56.